The Morgan fingerprint density at radius 1 is 1.11 bits per heavy atom. The maximum absolute atomic E-state index is 12.9. The molecule has 4 rings (SSSR count). The van der Waals surface area contributed by atoms with E-state index in [9.17, 15) is 9.59 Å². The lowest BCUT2D eigenvalue weighted by Crippen LogP contribution is -2.15. The predicted molar refractivity (Wildman–Crippen MR) is 104 cm³/mol. The minimum absolute atomic E-state index is 0.0379. The third-order valence-electron chi connectivity index (χ3n) is 4.68. The standard InChI is InChI=1S/C20H21N5O2/c1-11-9-16(17-12(2)24-25(3)18(17)21-11)20(27)23-15-6-4-5-14(10-15)22-19(26)13-7-8-13/h4-6,9-10,13H,7-8H2,1-3H3,(H,22,26)(H,23,27). The molecule has 1 saturated carbocycles. The molecule has 2 heterocycles. The fourth-order valence-electron chi connectivity index (χ4n) is 3.21. The van der Waals surface area contributed by atoms with Gasteiger partial charge in [0.25, 0.3) is 5.91 Å². The Hall–Kier alpha value is -3.22. The molecule has 138 valence electrons. The van der Waals surface area contributed by atoms with Crippen LogP contribution < -0.4 is 10.6 Å². The van der Waals surface area contributed by atoms with Crippen LogP contribution in [0.5, 0.6) is 0 Å². The van der Waals surface area contributed by atoms with Crippen LogP contribution in [0.1, 0.15) is 34.6 Å². The van der Waals surface area contributed by atoms with E-state index in [-0.39, 0.29) is 17.7 Å². The summed E-state index contributed by atoms with van der Waals surface area (Å²) in [5.41, 5.74) is 4.03. The van der Waals surface area contributed by atoms with Gasteiger partial charge in [-0.15, -0.1) is 0 Å². The van der Waals surface area contributed by atoms with Crippen LogP contribution in [-0.2, 0) is 11.8 Å². The SMILES string of the molecule is Cc1cc(C(=O)Nc2cccc(NC(=O)C3CC3)c2)c2c(C)nn(C)c2n1. The number of amides is 2. The minimum Gasteiger partial charge on any atom is -0.326 e. The second-order valence-corrected chi connectivity index (χ2v) is 7.02. The smallest absolute Gasteiger partial charge is 0.256 e. The van der Waals surface area contributed by atoms with E-state index >= 15 is 0 Å². The molecule has 7 nitrogen and oxygen atoms in total. The molecule has 1 fully saturated rings. The molecule has 2 aromatic heterocycles. The molecule has 0 saturated heterocycles. The Morgan fingerprint density at radius 3 is 2.52 bits per heavy atom. The van der Waals surface area contributed by atoms with Crippen molar-refractivity contribution in [3.63, 3.8) is 0 Å². The summed E-state index contributed by atoms with van der Waals surface area (Å²) >= 11 is 0. The first-order chi connectivity index (χ1) is 12.9. The summed E-state index contributed by atoms with van der Waals surface area (Å²) in [7, 11) is 1.81. The summed E-state index contributed by atoms with van der Waals surface area (Å²) in [5, 5.41) is 10.9. The fourth-order valence-corrected chi connectivity index (χ4v) is 3.21. The van der Waals surface area contributed by atoms with E-state index in [1.165, 1.54) is 0 Å². The predicted octanol–water partition coefficient (Wildman–Crippen LogP) is 3.19. The van der Waals surface area contributed by atoms with Crippen LogP contribution in [-0.4, -0.2) is 26.6 Å². The number of benzene rings is 1. The van der Waals surface area contributed by atoms with E-state index in [0.29, 0.717) is 22.6 Å². The molecule has 2 N–H and O–H groups in total. The number of anilines is 2. The van der Waals surface area contributed by atoms with Crippen molar-refractivity contribution in [1.29, 1.82) is 0 Å². The first-order valence-electron chi connectivity index (χ1n) is 8.95. The Morgan fingerprint density at radius 2 is 1.81 bits per heavy atom. The Bertz CT molecular complexity index is 1070. The summed E-state index contributed by atoms with van der Waals surface area (Å²) in [4.78, 5) is 29.4. The zero-order chi connectivity index (χ0) is 19.1. The number of pyridine rings is 1. The normalized spacial score (nSPS) is 13.6. The molecule has 0 aliphatic heterocycles. The largest absolute Gasteiger partial charge is 0.326 e. The van der Waals surface area contributed by atoms with E-state index in [1.807, 2.05) is 27.0 Å². The highest BCUT2D eigenvalue weighted by Crippen LogP contribution is 2.30. The summed E-state index contributed by atoms with van der Waals surface area (Å²) in [6, 6.07) is 8.95. The van der Waals surface area contributed by atoms with Crippen LogP contribution in [0.2, 0.25) is 0 Å². The van der Waals surface area contributed by atoms with Gasteiger partial charge in [-0.05, 0) is 51.0 Å². The first kappa shape index (κ1) is 17.2. The van der Waals surface area contributed by atoms with Gasteiger partial charge in [-0.1, -0.05) is 6.07 Å². The van der Waals surface area contributed by atoms with E-state index in [1.54, 1.807) is 28.9 Å². The number of carbonyl (C=O) groups excluding carboxylic acids is 2. The van der Waals surface area contributed by atoms with Crippen LogP contribution in [0.25, 0.3) is 11.0 Å². The zero-order valence-corrected chi connectivity index (χ0v) is 15.5. The lowest BCUT2D eigenvalue weighted by Gasteiger charge is -2.10. The number of nitrogens with zero attached hydrogens (tertiary/aromatic N) is 3. The first-order valence-corrected chi connectivity index (χ1v) is 8.95. The van der Waals surface area contributed by atoms with Gasteiger partial charge in [-0.2, -0.15) is 5.10 Å². The van der Waals surface area contributed by atoms with Crippen molar-refractivity contribution >= 4 is 34.2 Å². The number of rotatable bonds is 4. The molecular formula is C20H21N5O2. The number of hydrogen-bond donors (Lipinski definition) is 2. The third-order valence-corrected chi connectivity index (χ3v) is 4.68. The van der Waals surface area contributed by atoms with Crippen molar-refractivity contribution in [3.05, 3.63) is 47.3 Å². The average molecular weight is 363 g/mol. The number of aromatic nitrogens is 3. The van der Waals surface area contributed by atoms with Gasteiger partial charge in [0.1, 0.15) is 0 Å². The molecule has 0 atom stereocenters. The third kappa shape index (κ3) is 3.40. The average Bonchev–Trinajstić information content (AvgIpc) is 3.42. The highest BCUT2D eigenvalue weighted by Gasteiger charge is 2.29. The van der Waals surface area contributed by atoms with E-state index < -0.39 is 0 Å². The fraction of sp³-hybridized carbons (Fsp3) is 0.300. The highest BCUT2D eigenvalue weighted by atomic mass is 16.2. The lowest BCUT2D eigenvalue weighted by molar-refractivity contribution is -0.117. The van der Waals surface area contributed by atoms with Gasteiger partial charge in [0.05, 0.1) is 16.6 Å². The van der Waals surface area contributed by atoms with Crippen molar-refractivity contribution in [2.75, 3.05) is 10.6 Å². The Kier molecular flexibility index (Phi) is 4.14. The van der Waals surface area contributed by atoms with Crippen molar-refractivity contribution in [1.82, 2.24) is 14.8 Å². The van der Waals surface area contributed by atoms with Crippen LogP contribution in [0, 0.1) is 19.8 Å². The van der Waals surface area contributed by atoms with Crippen molar-refractivity contribution < 1.29 is 9.59 Å². The monoisotopic (exact) mass is 363 g/mol. The molecule has 0 spiro atoms. The summed E-state index contributed by atoms with van der Waals surface area (Å²) in [6.45, 7) is 3.72. The number of fused-ring (bicyclic) bond motifs is 1. The zero-order valence-electron chi connectivity index (χ0n) is 15.5. The molecule has 1 aromatic carbocycles. The molecule has 1 aliphatic rings. The van der Waals surface area contributed by atoms with Gasteiger partial charge in [-0.25, -0.2) is 4.98 Å². The van der Waals surface area contributed by atoms with Crippen molar-refractivity contribution in [2.45, 2.75) is 26.7 Å². The van der Waals surface area contributed by atoms with Gasteiger partial charge >= 0.3 is 0 Å². The van der Waals surface area contributed by atoms with E-state index in [4.69, 9.17) is 0 Å². The molecule has 3 aromatic rings. The second-order valence-electron chi connectivity index (χ2n) is 7.02. The van der Waals surface area contributed by atoms with Crippen LogP contribution in [0.15, 0.2) is 30.3 Å². The maximum Gasteiger partial charge on any atom is 0.256 e. The van der Waals surface area contributed by atoms with E-state index in [2.05, 4.69) is 20.7 Å². The summed E-state index contributed by atoms with van der Waals surface area (Å²) in [5.74, 6) is -0.0620. The van der Waals surface area contributed by atoms with Crippen molar-refractivity contribution in [3.8, 4) is 0 Å². The second kappa shape index (κ2) is 6.50. The quantitative estimate of drug-likeness (QED) is 0.745. The lowest BCUT2D eigenvalue weighted by atomic mass is 10.1. The van der Waals surface area contributed by atoms with Gasteiger partial charge in [-0.3, -0.25) is 14.3 Å². The molecule has 0 radical (unpaired) electrons. The van der Waals surface area contributed by atoms with E-state index in [0.717, 1.165) is 29.6 Å². The Balaban J connectivity index is 1.61. The number of hydrogen-bond acceptors (Lipinski definition) is 4. The molecular weight excluding hydrogens is 342 g/mol. The summed E-state index contributed by atoms with van der Waals surface area (Å²) in [6.07, 6.45) is 1.90. The molecule has 1 aliphatic carbocycles. The molecule has 0 unspecified atom stereocenters. The van der Waals surface area contributed by atoms with Gasteiger partial charge in [0, 0.05) is 30.0 Å². The number of carbonyl (C=O) groups is 2. The molecule has 7 heteroatoms. The van der Waals surface area contributed by atoms with Gasteiger partial charge < -0.3 is 10.6 Å². The number of aryl methyl sites for hydroxylation is 3. The molecule has 0 bridgehead atoms. The van der Waals surface area contributed by atoms with Crippen molar-refractivity contribution in [2.24, 2.45) is 13.0 Å². The van der Waals surface area contributed by atoms with Crippen LogP contribution >= 0.6 is 0 Å². The molecule has 2 amide bonds. The maximum atomic E-state index is 12.9. The number of nitrogens with one attached hydrogen (secondary N) is 2. The molecule has 27 heavy (non-hydrogen) atoms. The topological polar surface area (TPSA) is 88.9 Å². The Labute approximate surface area is 156 Å². The summed E-state index contributed by atoms with van der Waals surface area (Å²) < 4.78 is 1.68. The van der Waals surface area contributed by atoms with Gasteiger partial charge in [0.15, 0.2) is 5.65 Å². The van der Waals surface area contributed by atoms with Crippen LogP contribution in [0.3, 0.4) is 0 Å². The minimum atomic E-state index is -0.229. The van der Waals surface area contributed by atoms with Crippen LogP contribution in [0.4, 0.5) is 11.4 Å². The highest BCUT2D eigenvalue weighted by molar-refractivity contribution is 6.12. The van der Waals surface area contributed by atoms with Gasteiger partial charge in [0.2, 0.25) is 5.91 Å².